The molecule has 0 saturated heterocycles. The predicted molar refractivity (Wildman–Crippen MR) is 68.5 cm³/mol. The summed E-state index contributed by atoms with van der Waals surface area (Å²) >= 11 is 0. The van der Waals surface area contributed by atoms with E-state index in [1.807, 2.05) is 6.92 Å². The molecule has 112 valence electrons. The molecule has 0 fully saturated rings. The summed E-state index contributed by atoms with van der Waals surface area (Å²) in [6.07, 6.45) is -4.38. The summed E-state index contributed by atoms with van der Waals surface area (Å²) in [6, 6.07) is 4.33. The molecule has 0 radical (unpaired) electrons. The minimum absolute atomic E-state index is 0.130. The lowest BCUT2D eigenvalue weighted by molar-refractivity contribution is -0.137. The maximum Gasteiger partial charge on any atom is 0.416 e. The van der Waals surface area contributed by atoms with Crippen LogP contribution in [0.15, 0.2) is 24.3 Å². The number of alkyl halides is 3. The third-order valence-electron chi connectivity index (χ3n) is 2.65. The van der Waals surface area contributed by atoms with Gasteiger partial charge in [0, 0.05) is 12.6 Å². The van der Waals surface area contributed by atoms with Crippen molar-refractivity contribution >= 4 is 5.91 Å². The molecule has 4 nitrogen and oxygen atoms in total. The highest BCUT2D eigenvalue weighted by Gasteiger charge is 2.30. The first-order valence-electron chi connectivity index (χ1n) is 6.07. The van der Waals surface area contributed by atoms with Crippen LogP contribution in [0.4, 0.5) is 13.2 Å². The Morgan fingerprint density at radius 1 is 1.30 bits per heavy atom. The normalized spacial score (nSPS) is 12.8. The van der Waals surface area contributed by atoms with Crippen LogP contribution < -0.4 is 15.4 Å². The molecule has 1 unspecified atom stereocenters. The maximum atomic E-state index is 12.3. The molecule has 7 heteroatoms. The van der Waals surface area contributed by atoms with Gasteiger partial charge in [0.2, 0.25) is 0 Å². The maximum absolute atomic E-state index is 12.3. The average molecular weight is 290 g/mol. The standard InChI is InChI=1S/C13H17F3N2O2/c1-9(17-2)7-18-12(19)8-20-11-5-3-10(4-6-11)13(14,15)16/h3-6,9,17H,7-8H2,1-2H3,(H,18,19). The minimum Gasteiger partial charge on any atom is -0.484 e. The Morgan fingerprint density at radius 3 is 2.40 bits per heavy atom. The van der Waals surface area contributed by atoms with Crippen LogP contribution in [0.2, 0.25) is 0 Å². The molecule has 0 aliphatic carbocycles. The summed E-state index contributed by atoms with van der Waals surface area (Å²) in [6.45, 7) is 2.12. The van der Waals surface area contributed by atoms with Crippen molar-refractivity contribution in [3.8, 4) is 5.75 Å². The number of rotatable bonds is 6. The fraction of sp³-hybridized carbons (Fsp3) is 0.462. The van der Waals surface area contributed by atoms with Gasteiger partial charge in [-0.3, -0.25) is 4.79 Å². The van der Waals surface area contributed by atoms with Crippen molar-refractivity contribution in [2.75, 3.05) is 20.2 Å². The molecule has 0 bridgehead atoms. The summed E-state index contributed by atoms with van der Waals surface area (Å²) < 4.78 is 42.1. The lowest BCUT2D eigenvalue weighted by Gasteiger charge is -2.12. The van der Waals surface area contributed by atoms with Crippen LogP contribution in [-0.4, -0.2) is 32.1 Å². The van der Waals surface area contributed by atoms with Crippen LogP contribution >= 0.6 is 0 Å². The SMILES string of the molecule is CNC(C)CNC(=O)COc1ccc(C(F)(F)F)cc1. The van der Waals surface area contributed by atoms with E-state index in [1.165, 1.54) is 12.1 Å². The summed E-state index contributed by atoms with van der Waals surface area (Å²) in [5, 5.41) is 5.59. The third kappa shape index (κ3) is 5.48. The number of carbonyl (C=O) groups is 1. The van der Waals surface area contributed by atoms with Crippen molar-refractivity contribution in [2.45, 2.75) is 19.1 Å². The molecule has 1 aromatic carbocycles. The van der Waals surface area contributed by atoms with Crippen molar-refractivity contribution in [1.29, 1.82) is 0 Å². The van der Waals surface area contributed by atoms with Crippen LogP contribution in [0, 0.1) is 0 Å². The fourth-order valence-corrected chi connectivity index (χ4v) is 1.31. The van der Waals surface area contributed by atoms with Gasteiger partial charge in [0.05, 0.1) is 5.56 Å². The number of benzene rings is 1. The van der Waals surface area contributed by atoms with Crippen LogP contribution in [0.1, 0.15) is 12.5 Å². The van der Waals surface area contributed by atoms with Gasteiger partial charge < -0.3 is 15.4 Å². The van der Waals surface area contributed by atoms with Gasteiger partial charge in [-0.25, -0.2) is 0 Å². The fourth-order valence-electron chi connectivity index (χ4n) is 1.31. The molecule has 1 aromatic rings. The molecule has 0 aromatic heterocycles. The minimum atomic E-state index is -4.38. The van der Waals surface area contributed by atoms with Gasteiger partial charge in [-0.15, -0.1) is 0 Å². The zero-order valence-electron chi connectivity index (χ0n) is 11.3. The summed E-state index contributed by atoms with van der Waals surface area (Å²) in [7, 11) is 1.77. The summed E-state index contributed by atoms with van der Waals surface area (Å²) in [5.41, 5.74) is -0.753. The molecule has 0 saturated carbocycles. The monoisotopic (exact) mass is 290 g/mol. The molecule has 20 heavy (non-hydrogen) atoms. The first kappa shape index (κ1) is 16.3. The van der Waals surface area contributed by atoms with Gasteiger partial charge in [-0.2, -0.15) is 13.2 Å². The van der Waals surface area contributed by atoms with E-state index in [1.54, 1.807) is 7.05 Å². The largest absolute Gasteiger partial charge is 0.484 e. The Morgan fingerprint density at radius 2 is 1.90 bits per heavy atom. The molecule has 0 aliphatic rings. The molecule has 0 aliphatic heterocycles. The lowest BCUT2D eigenvalue weighted by atomic mass is 10.2. The van der Waals surface area contributed by atoms with E-state index >= 15 is 0 Å². The van der Waals surface area contributed by atoms with Gasteiger partial charge in [0.25, 0.3) is 5.91 Å². The van der Waals surface area contributed by atoms with Gasteiger partial charge in [-0.1, -0.05) is 0 Å². The first-order valence-corrected chi connectivity index (χ1v) is 6.07. The second kappa shape index (κ2) is 7.14. The second-order valence-electron chi connectivity index (χ2n) is 4.30. The number of carbonyl (C=O) groups excluding carboxylic acids is 1. The Balaban J connectivity index is 2.40. The first-order chi connectivity index (χ1) is 9.32. The molecule has 0 heterocycles. The van der Waals surface area contributed by atoms with Crippen molar-refractivity contribution in [3.05, 3.63) is 29.8 Å². The van der Waals surface area contributed by atoms with E-state index in [0.717, 1.165) is 12.1 Å². The van der Waals surface area contributed by atoms with Crippen LogP contribution in [0.25, 0.3) is 0 Å². The van der Waals surface area contributed by atoms with Crippen LogP contribution in [0.5, 0.6) is 5.75 Å². The smallest absolute Gasteiger partial charge is 0.416 e. The van der Waals surface area contributed by atoms with E-state index in [9.17, 15) is 18.0 Å². The van der Waals surface area contributed by atoms with Crippen molar-refractivity contribution in [3.63, 3.8) is 0 Å². The van der Waals surface area contributed by atoms with Gasteiger partial charge in [0.1, 0.15) is 5.75 Å². The number of amides is 1. The highest BCUT2D eigenvalue weighted by molar-refractivity contribution is 5.77. The number of ether oxygens (including phenoxy) is 1. The topological polar surface area (TPSA) is 50.4 Å². The predicted octanol–water partition coefficient (Wildman–Crippen LogP) is 1.81. The Labute approximate surface area is 115 Å². The second-order valence-corrected chi connectivity index (χ2v) is 4.30. The molecule has 2 N–H and O–H groups in total. The Bertz CT molecular complexity index is 432. The van der Waals surface area contributed by atoms with Crippen LogP contribution in [0.3, 0.4) is 0 Å². The molecular weight excluding hydrogens is 273 g/mol. The van der Waals surface area contributed by atoms with Crippen molar-refractivity contribution in [2.24, 2.45) is 0 Å². The highest BCUT2D eigenvalue weighted by Crippen LogP contribution is 2.30. The average Bonchev–Trinajstić information content (AvgIpc) is 2.41. The van der Waals surface area contributed by atoms with Gasteiger partial charge in [-0.05, 0) is 38.2 Å². The number of nitrogens with one attached hydrogen (secondary N) is 2. The van der Waals surface area contributed by atoms with E-state index in [2.05, 4.69) is 10.6 Å². The lowest BCUT2D eigenvalue weighted by Crippen LogP contribution is -2.39. The van der Waals surface area contributed by atoms with Crippen molar-refractivity contribution < 1.29 is 22.7 Å². The van der Waals surface area contributed by atoms with Gasteiger partial charge in [0.15, 0.2) is 6.61 Å². The number of hydrogen-bond donors (Lipinski definition) is 2. The number of hydrogen-bond acceptors (Lipinski definition) is 3. The van der Waals surface area contributed by atoms with E-state index < -0.39 is 11.7 Å². The Hall–Kier alpha value is -1.76. The van der Waals surface area contributed by atoms with Crippen LogP contribution in [-0.2, 0) is 11.0 Å². The molecule has 0 spiro atoms. The Kier molecular flexibility index (Phi) is 5.82. The number of halogens is 3. The van der Waals surface area contributed by atoms with E-state index in [4.69, 9.17) is 4.74 Å². The number of likely N-dealkylation sites (N-methyl/N-ethyl adjacent to an activating group) is 1. The molecule has 1 amide bonds. The highest BCUT2D eigenvalue weighted by atomic mass is 19.4. The summed E-state index contributed by atoms with van der Waals surface area (Å²) in [5.74, 6) is -0.109. The third-order valence-corrected chi connectivity index (χ3v) is 2.65. The molecule has 1 atom stereocenters. The van der Waals surface area contributed by atoms with Gasteiger partial charge >= 0.3 is 6.18 Å². The zero-order chi connectivity index (χ0) is 15.2. The zero-order valence-corrected chi connectivity index (χ0v) is 11.3. The molecular formula is C13H17F3N2O2. The van der Waals surface area contributed by atoms with Crippen molar-refractivity contribution in [1.82, 2.24) is 10.6 Å². The summed E-state index contributed by atoms with van der Waals surface area (Å²) in [4.78, 5) is 11.4. The van der Waals surface area contributed by atoms with E-state index in [0.29, 0.717) is 6.54 Å². The van der Waals surface area contributed by atoms with E-state index in [-0.39, 0.29) is 24.3 Å². The molecule has 1 rings (SSSR count). The quantitative estimate of drug-likeness (QED) is 0.840.